The fourth-order valence-corrected chi connectivity index (χ4v) is 5.87. The Labute approximate surface area is 150 Å². The minimum Gasteiger partial charge on any atom is -0.467 e. The smallest absolute Gasteiger partial charge is 0.417 e. The summed E-state index contributed by atoms with van der Waals surface area (Å²) >= 11 is 0. The number of imide groups is 1. The zero-order valence-electron chi connectivity index (χ0n) is 16.0. The molecule has 25 heavy (non-hydrogen) atoms. The summed E-state index contributed by atoms with van der Waals surface area (Å²) in [6.45, 7) is 11.6. The van der Waals surface area contributed by atoms with Gasteiger partial charge in [-0.3, -0.25) is 4.79 Å². The zero-order valence-corrected chi connectivity index (χ0v) is 17.0. The van der Waals surface area contributed by atoms with E-state index in [1.54, 1.807) is 32.9 Å². The molecule has 0 spiro atoms. The van der Waals surface area contributed by atoms with Crippen molar-refractivity contribution in [3.05, 3.63) is 24.2 Å². The van der Waals surface area contributed by atoms with E-state index in [4.69, 9.17) is 13.6 Å². The molecule has 6 nitrogen and oxygen atoms in total. The molecule has 1 aromatic rings. The number of nitrogens with zero attached hydrogens (tertiary/aromatic N) is 1. The van der Waals surface area contributed by atoms with Crippen molar-refractivity contribution in [3.63, 3.8) is 0 Å². The van der Waals surface area contributed by atoms with Gasteiger partial charge in [0, 0.05) is 0 Å². The number of hydrogen-bond acceptors (Lipinski definition) is 5. The molecule has 2 atom stereocenters. The molecule has 0 N–H and O–H groups in total. The fourth-order valence-electron chi connectivity index (χ4n) is 3.10. The number of β-lactam (4-membered cyclic amide) rings is 1. The molecular formula is C18H29NO5Si. The Morgan fingerprint density at radius 1 is 1.24 bits per heavy atom. The summed E-state index contributed by atoms with van der Waals surface area (Å²) in [5, 5.41) is 0. The monoisotopic (exact) mass is 367 g/mol. The van der Waals surface area contributed by atoms with E-state index in [9.17, 15) is 9.59 Å². The Bertz CT molecular complexity index is 595. The number of hydrogen-bond donors (Lipinski definition) is 0. The van der Waals surface area contributed by atoms with Gasteiger partial charge in [-0.15, -0.1) is 0 Å². The van der Waals surface area contributed by atoms with Gasteiger partial charge in [0.05, 0.1) is 6.26 Å². The molecule has 1 aliphatic rings. The first-order valence-corrected chi connectivity index (χ1v) is 11.5. The van der Waals surface area contributed by atoms with Crippen molar-refractivity contribution in [3.8, 4) is 0 Å². The van der Waals surface area contributed by atoms with Crippen LogP contribution in [-0.2, 0) is 14.0 Å². The van der Waals surface area contributed by atoms with Crippen molar-refractivity contribution >= 4 is 20.3 Å². The predicted octanol–water partition coefficient (Wildman–Crippen LogP) is 4.49. The van der Waals surface area contributed by atoms with Crippen LogP contribution in [0.5, 0.6) is 0 Å². The van der Waals surface area contributed by atoms with Gasteiger partial charge in [-0.2, -0.15) is 0 Å². The van der Waals surface area contributed by atoms with Crippen LogP contribution in [0.2, 0.25) is 18.1 Å². The molecule has 0 saturated carbocycles. The van der Waals surface area contributed by atoms with Gasteiger partial charge in [0.2, 0.25) is 0 Å². The molecule has 1 saturated heterocycles. The summed E-state index contributed by atoms with van der Waals surface area (Å²) in [6.07, 6.45) is 0.202. The Morgan fingerprint density at radius 3 is 2.28 bits per heavy atom. The second-order valence-corrected chi connectivity index (χ2v) is 12.2. The van der Waals surface area contributed by atoms with Crippen LogP contribution < -0.4 is 0 Å². The summed E-state index contributed by atoms with van der Waals surface area (Å²) in [5.41, 5.74) is -0.675. The van der Waals surface area contributed by atoms with Crippen molar-refractivity contribution in [2.24, 2.45) is 0 Å². The van der Waals surface area contributed by atoms with Gasteiger partial charge in [0.25, 0.3) is 5.91 Å². The van der Waals surface area contributed by atoms with E-state index in [0.29, 0.717) is 5.76 Å². The molecule has 7 heteroatoms. The second-order valence-electron chi connectivity index (χ2n) is 7.43. The van der Waals surface area contributed by atoms with E-state index in [1.807, 2.05) is 0 Å². The second kappa shape index (κ2) is 7.33. The quantitative estimate of drug-likeness (QED) is 0.547. The van der Waals surface area contributed by atoms with Gasteiger partial charge in [0.15, 0.2) is 14.4 Å². The number of likely N-dealkylation sites (tertiary alicyclic amines) is 1. The Balaban J connectivity index is 2.27. The number of carbonyl (C=O) groups is 2. The van der Waals surface area contributed by atoms with Gasteiger partial charge in [-0.25, -0.2) is 9.69 Å². The number of rotatable bonds is 6. The van der Waals surface area contributed by atoms with Gasteiger partial charge < -0.3 is 13.6 Å². The van der Waals surface area contributed by atoms with Gasteiger partial charge in [-0.05, 0) is 51.0 Å². The van der Waals surface area contributed by atoms with E-state index < -0.39 is 32.2 Å². The molecule has 2 heterocycles. The van der Waals surface area contributed by atoms with Crippen molar-refractivity contribution in [1.29, 1.82) is 0 Å². The Kier molecular flexibility index (Phi) is 5.78. The summed E-state index contributed by atoms with van der Waals surface area (Å²) in [6, 6.07) is 5.74. The van der Waals surface area contributed by atoms with Gasteiger partial charge in [0.1, 0.15) is 17.4 Å². The molecule has 2 rings (SSSR count). The molecule has 1 aromatic heterocycles. The first-order valence-electron chi connectivity index (χ1n) is 8.95. The minimum atomic E-state index is -2.00. The summed E-state index contributed by atoms with van der Waals surface area (Å²) in [5.74, 6) is 0.199. The fraction of sp³-hybridized carbons (Fsp3) is 0.667. The van der Waals surface area contributed by atoms with Crippen LogP contribution in [0, 0.1) is 0 Å². The number of carbonyl (C=O) groups excluding carboxylic acids is 2. The largest absolute Gasteiger partial charge is 0.467 e. The van der Waals surface area contributed by atoms with E-state index in [0.717, 1.165) is 23.0 Å². The SMILES string of the molecule is CC[Si](CC)(CC)O[C@H]1C(=O)N(C(=O)OC(C)(C)C)[C@H]1c1ccco1. The van der Waals surface area contributed by atoms with E-state index >= 15 is 0 Å². The Morgan fingerprint density at radius 2 is 1.84 bits per heavy atom. The van der Waals surface area contributed by atoms with Crippen LogP contribution in [0.15, 0.2) is 22.8 Å². The van der Waals surface area contributed by atoms with Crippen molar-refractivity contribution in [2.75, 3.05) is 0 Å². The lowest BCUT2D eigenvalue weighted by molar-refractivity contribution is -0.163. The highest BCUT2D eigenvalue weighted by atomic mass is 28.4. The first kappa shape index (κ1) is 19.7. The van der Waals surface area contributed by atoms with Crippen LogP contribution in [0.25, 0.3) is 0 Å². The molecule has 1 fully saturated rings. The normalized spacial score (nSPS) is 21.2. The lowest BCUT2D eigenvalue weighted by Gasteiger charge is -2.47. The molecule has 0 aliphatic carbocycles. The molecule has 0 unspecified atom stereocenters. The van der Waals surface area contributed by atoms with E-state index in [1.165, 1.54) is 6.26 Å². The molecule has 140 valence electrons. The zero-order chi connectivity index (χ0) is 18.8. The van der Waals surface area contributed by atoms with Crippen molar-refractivity contribution in [1.82, 2.24) is 4.90 Å². The van der Waals surface area contributed by atoms with E-state index in [2.05, 4.69) is 20.8 Å². The third-order valence-corrected chi connectivity index (χ3v) is 9.40. The molecular weight excluding hydrogens is 338 g/mol. The summed E-state index contributed by atoms with van der Waals surface area (Å²) in [7, 11) is -2.00. The summed E-state index contributed by atoms with van der Waals surface area (Å²) < 4.78 is 17.2. The van der Waals surface area contributed by atoms with Crippen LogP contribution >= 0.6 is 0 Å². The lowest BCUT2D eigenvalue weighted by Crippen LogP contribution is -2.65. The van der Waals surface area contributed by atoms with Gasteiger partial charge >= 0.3 is 6.09 Å². The molecule has 1 aliphatic heterocycles. The third kappa shape index (κ3) is 3.98. The third-order valence-electron chi connectivity index (χ3n) is 4.78. The van der Waals surface area contributed by atoms with Crippen LogP contribution in [0.1, 0.15) is 53.3 Å². The summed E-state index contributed by atoms with van der Waals surface area (Å²) in [4.78, 5) is 26.3. The van der Waals surface area contributed by atoms with Crippen LogP contribution in [-0.4, -0.2) is 36.9 Å². The highest BCUT2D eigenvalue weighted by Gasteiger charge is 2.57. The molecule has 0 aromatic carbocycles. The number of furan rings is 1. The average molecular weight is 368 g/mol. The molecule has 0 radical (unpaired) electrons. The maximum atomic E-state index is 12.7. The van der Waals surface area contributed by atoms with Crippen molar-refractivity contribution < 1.29 is 23.2 Å². The number of ether oxygens (including phenoxy) is 1. The maximum absolute atomic E-state index is 12.7. The highest BCUT2D eigenvalue weighted by Crippen LogP contribution is 2.41. The molecule has 2 amide bonds. The van der Waals surface area contributed by atoms with Crippen molar-refractivity contribution in [2.45, 2.75) is 77.4 Å². The van der Waals surface area contributed by atoms with Gasteiger partial charge in [-0.1, -0.05) is 20.8 Å². The van der Waals surface area contributed by atoms with Crippen LogP contribution in [0.3, 0.4) is 0 Å². The predicted molar refractivity (Wildman–Crippen MR) is 96.6 cm³/mol. The number of amides is 2. The lowest BCUT2D eigenvalue weighted by atomic mass is 9.96. The first-order chi connectivity index (χ1) is 11.7. The minimum absolute atomic E-state index is 0.345. The average Bonchev–Trinajstić information content (AvgIpc) is 3.05. The Hall–Kier alpha value is -1.60. The topological polar surface area (TPSA) is 69.0 Å². The maximum Gasteiger partial charge on any atom is 0.417 e. The molecule has 0 bridgehead atoms. The highest BCUT2D eigenvalue weighted by molar-refractivity contribution is 6.73. The van der Waals surface area contributed by atoms with E-state index in [-0.39, 0.29) is 5.91 Å². The van der Waals surface area contributed by atoms with Crippen LogP contribution in [0.4, 0.5) is 4.79 Å². The standard InChI is InChI=1S/C18H29NO5Si/c1-7-25(8-2,9-3)24-15-14(13-11-10-12-22-13)19(16(15)20)17(21)23-18(4,5)6/h10-12,14-15H,7-9H2,1-6H3/t14-,15+/m0/s1.